The molecule has 0 saturated heterocycles. The second-order valence-corrected chi connectivity index (χ2v) is 8.03. The van der Waals surface area contributed by atoms with E-state index in [2.05, 4.69) is 0 Å². The van der Waals surface area contributed by atoms with E-state index < -0.39 is 5.97 Å². The first-order valence-corrected chi connectivity index (χ1v) is 10.6. The molecule has 0 saturated carbocycles. The molecule has 0 fully saturated rings. The number of esters is 1. The van der Waals surface area contributed by atoms with Gasteiger partial charge in [0.05, 0.1) is 23.3 Å². The Bertz CT molecular complexity index is 883. The molecule has 0 unspecified atom stereocenters. The maximum atomic E-state index is 11.7. The summed E-state index contributed by atoms with van der Waals surface area (Å²) in [6, 6.07) is 10.2. The molecule has 9 heteroatoms. The molecule has 0 spiro atoms. The molecule has 0 radical (unpaired) electrons. The van der Waals surface area contributed by atoms with E-state index in [1.165, 1.54) is 12.2 Å². The molecule has 0 aliphatic rings. The van der Waals surface area contributed by atoms with E-state index in [4.69, 9.17) is 72.2 Å². The Kier molecular flexibility index (Phi) is 10.7. The fraction of sp³-hybridized carbons (Fsp3) is 0.190. The van der Waals surface area contributed by atoms with Crippen molar-refractivity contribution < 1.29 is 19.0 Å². The molecule has 0 heterocycles. The minimum absolute atomic E-state index is 0.105. The van der Waals surface area contributed by atoms with Gasteiger partial charge in [0.15, 0.2) is 5.75 Å². The standard InChI is InChI=1S/C21H17Cl5O4/c22-15-5-2-14(3-6-15)4-7-20(27)29-9-1-10-30-21-17(23)12-16(13-18(21)24)28-11-8-19(25)26/h2-8,12-13H,1,9-11H2. The third kappa shape index (κ3) is 9.07. The van der Waals surface area contributed by atoms with Crippen molar-refractivity contribution in [3.05, 3.63) is 73.7 Å². The van der Waals surface area contributed by atoms with E-state index in [-0.39, 0.29) is 24.3 Å². The second-order valence-electron chi connectivity index (χ2n) is 5.78. The summed E-state index contributed by atoms with van der Waals surface area (Å²) in [4.78, 5) is 11.7. The van der Waals surface area contributed by atoms with Crippen molar-refractivity contribution in [1.29, 1.82) is 0 Å². The molecule has 2 aromatic rings. The maximum Gasteiger partial charge on any atom is 0.330 e. The first-order valence-electron chi connectivity index (χ1n) is 8.71. The summed E-state index contributed by atoms with van der Waals surface area (Å²) >= 11 is 29.2. The van der Waals surface area contributed by atoms with Crippen LogP contribution in [0.1, 0.15) is 12.0 Å². The fourth-order valence-corrected chi connectivity index (χ4v) is 2.98. The van der Waals surface area contributed by atoms with Crippen LogP contribution in [-0.2, 0) is 9.53 Å². The quantitative estimate of drug-likeness (QED) is 0.190. The van der Waals surface area contributed by atoms with E-state index in [0.29, 0.717) is 33.0 Å². The molecule has 160 valence electrons. The van der Waals surface area contributed by atoms with E-state index in [1.807, 2.05) is 0 Å². The van der Waals surface area contributed by atoms with Gasteiger partial charge in [0.2, 0.25) is 0 Å². The zero-order chi connectivity index (χ0) is 21.9. The molecular formula is C21H17Cl5O4. The van der Waals surface area contributed by atoms with Gasteiger partial charge in [-0.25, -0.2) is 4.79 Å². The van der Waals surface area contributed by atoms with Crippen LogP contribution in [-0.4, -0.2) is 25.8 Å². The number of ether oxygens (including phenoxy) is 3. The van der Waals surface area contributed by atoms with Gasteiger partial charge in [0.25, 0.3) is 0 Å². The second kappa shape index (κ2) is 13.0. The Hall–Kier alpha value is -1.56. The minimum Gasteiger partial charge on any atom is -0.490 e. The average Bonchev–Trinajstić information content (AvgIpc) is 2.69. The zero-order valence-corrected chi connectivity index (χ0v) is 19.3. The van der Waals surface area contributed by atoms with Gasteiger partial charge in [0.1, 0.15) is 16.8 Å². The highest BCUT2D eigenvalue weighted by Crippen LogP contribution is 2.37. The lowest BCUT2D eigenvalue weighted by Crippen LogP contribution is -2.07. The summed E-state index contributed by atoms with van der Waals surface area (Å²) in [5.74, 6) is 0.323. The van der Waals surface area contributed by atoms with Gasteiger partial charge in [-0.2, -0.15) is 0 Å². The normalized spacial score (nSPS) is 10.7. The van der Waals surface area contributed by atoms with Crippen molar-refractivity contribution in [3.63, 3.8) is 0 Å². The van der Waals surface area contributed by atoms with Crippen molar-refractivity contribution in [3.8, 4) is 11.5 Å². The number of benzene rings is 2. The highest BCUT2D eigenvalue weighted by molar-refractivity contribution is 6.55. The molecule has 30 heavy (non-hydrogen) atoms. The summed E-state index contributed by atoms with van der Waals surface area (Å²) in [6.45, 7) is 0.622. The van der Waals surface area contributed by atoms with Crippen LogP contribution in [0.25, 0.3) is 6.08 Å². The number of rotatable bonds is 10. The van der Waals surface area contributed by atoms with Crippen LogP contribution in [0.3, 0.4) is 0 Å². The highest BCUT2D eigenvalue weighted by atomic mass is 35.5. The van der Waals surface area contributed by atoms with Crippen LogP contribution in [0.5, 0.6) is 11.5 Å². The molecule has 2 aromatic carbocycles. The molecule has 4 nitrogen and oxygen atoms in total. The minimum atomic E-state index is -0.450. The number of halogens is 5. The predicted molar refractivity (Wildman–Crippen MR) is 123 cm³/mol. The lowest BCUT2D eigenvalue weighted by molar-refractivity contribution is -0.137. The third-order valence-electron chi connectivity index (χ3n) is 3.52. The molecule has 0 aliphatic carbocycles. The highest BCUT2D eigenvalue weighted by Gasteiger charge is 2.11. The van der Waals surface area contributed by atoms with Crippen molar-refractivity contribution in [2.24, 2.45) is 0 Å². The predicted octanol–water partition coefficient (Wildman–Crippen LogP) is 7.37. The zero-order valence-electron chi connectivity index (χ0n) is 15.5. The van der Waals surface area contributed by atoms with E-state index in [9.17, 15) is 4.79 Å². The average molecular weight is 511 g/mol. The van der Waals surface area contributed by atoms with Crippen LogP contribution in [0.4, 0.5) is 0 Å². The molecule has 0 aliphatic heterocycles. The number of hydrogen-bond donors (Lipinski definition) is 0. The largest absolute Gasteiger partial charge is 0.490 e. The lowest BCUT2D eigenvalue weighted by atomic mass is 10.2. The molecule has 0 N–H and O–H groups in total. The Morgan fingerprint density at radius 1 is 0.933 bits per heavy atom. The fourth-order valence-electron chi connectivity index (χ4n) is 2.15. The van der Waals surface area contributed by atoms with Gasteiger partial charge in [0, 0.05) is 29.7 Å². The first kappa shape index (κ1) is 24.7. The Balaban J connectivity index is 1.73. The summed E-state index contributed by atoms with van der Waals surface area (Å²) in [5, 5.41) is 1.22. The number of carbonyl (C=O) groups excluding carboxylic acids is 1. The summed E-state index contributed by atoms with van der Waals surface area (Å²) in [7, 11) is 0. The van der Waals surface area contributed by atoms with Gasteiger partial charge in [-0.05, 0) is 29.8 Å². The van der Waals surface area contributed by atoms with Crippen LogP contribution in [0, 0.1) is 0 Å². The SMILES string of the molecule is O=C(C=Cc1ccc(Cl)cc1)OCCCOc1c(Cl)cc(OCC=C(Cl)Cl)cc1Cl. The van der Waals surface area contributed by atoms with E-state index in [1.54, 1.807) is 42.5 Å². The lowest BCUT2D eigenvalue weighted by Gasteiger charge is -2.12. The van der Waals surface area contributed by atoms with Gasteiger partial charge >= 0.3 is 5.97 Å². The molecule has 0 aromatic heterocycles. The van der Waals surface area contributed by atoms with Crippen LogP contribution in [0.2, 0.25) is 15.1 Å². The molecule has 0 atom stereocenters. The molecule has 0 amide bonds. The number of carbonyl (C=O) groups is 1. The summed E-state index contributed by atoms with van der Waals surface area (Å²) in [6.07, 6.45) is 4.95. The van der Waals surface area contributed by atoms with Crippen molar-refractivity contribution >= 4 is 70.1 Å². The van der Waals surface area contributed by atoms with Crippen LogP contribution >= 0.6 is 58.0 Å². The topological polar surface area (TPSA) is 44.8 Å². The van der Waals surface area contributed by atoms with E-state index >= 15 is 0 Å². The third-order valence-corrected chi connectivity index (χ3v) is 4.64. The van der Waals surface area contributed by atoms with Gasteiger partial charge in [-0.1, -0.05) is 70.1 Å². The molecular weight excluding hydrogens is 493 g/mol. The van der Waals surface area contributed by atoms with Crippen molar-refractivity contribution in [1.82, 2.24) is 0 Å². The Labute approximate surface area is 199 Å². The Morgan fingerprint density at radius 3 is 2.23 bits per heavy atom. The monoisotopic (exact) mass is 508 g/mol. The molecule has 2 rings (SSSR count). The van der Waals surface area contributed by atoms with E-state index in [0.717, 1.165) is 5.56 Å². The van der Waals surface area contributed by atoms with Gasteiger partial charge in [-0.3, -0.25) is 0 Å². The van der Waals surface area contributed by atoms with Gasteiger partial charge in [-0.15, -0.1) is 0 Å². The smallest absolute Gasteiger partial charge is 0.330 e. The summed E-state index contributed by atoms with van der Waals surface area (Å²) in [5.41, 5.74) is 0.846. The van der Waals surface area contributed by atoms with Crippen LogP contribution < -0.4 is 9.47 Å². The maximum absolute atomic E-state index is 11.7. The first-order chi connectivity index (χ1) is 14.3. The number of hydrogen-bond acceptors (Lipinski definition) is 4. The van der Waals surface area contributed by atoms with Crippen LogP contribution in [0.15, 0.2) is 53.0 Å². The van der Waals surface area contributed by atoms with Crippen molar-refractivity contribution in [2.75, 3.05) is 19.8 Å². The van der Waals surface area contributed by atoms with Gasteiger partial charge < -0.3 is 14.2 Å². The molecule has 0 bridgehead atoms. The van der Waals surface area contributed by atoms with Crippen molar-refractivity contribution in [2.45, 2.75) is 6.42 Å². The summed E-state index contributed by atoms with van der Waals surface area (Å²) < 4.78 is 16.2. The Morgan fingerprint density at radius 2 is 1.60 bits per heavy atom.